The van der Waals surface area contributed by atoms with Gasteiger partial charge in [-0.2, -0.15) is 0 Å². The van der Waals surface area contributed by atoms with Crippen LogP contribution >= 0.6 is 11.6 Å². The monoisotopic (exact) mass is 184 g/mol. The summed E-state index contributed by atoms with van der Waals surface area (Å²) in [7, 11) is 0. The van der Waals surface area contributed by atoms with Crippen molar-refractivity contribution in [2.45, 2.75) is 32.2 Å². The van der Waals surface area contributed by atoms with Gasteiger partial charge in [-0.25, -0.2) is 0 Å². The molecule has 0 aromatic heterocycles. The number of nitrogens with one attached hydrogen (secondary N) is 1. The first-order valence-electron chi connectivity index (χ1n) is 4.50. The molecule has 1 unspecified atom stereocenters. The molecule has 2 aliphatic rings. The topological polar surface area (TPSA) is 24.4 Å². The van der Waals surface area contributed by atoms with Crippen LogP contribution in [0.3, 0.4) is 0 Å². The minimum Gasteiger partial charge on any atom is -0.349 e. The molecule has 1 aliphatic heterocycles. The van der Waals surface area contributed by atoms with Gasteiger partial charge in [0.15, 0.2) is 0 Å². The molecule has 1 saturated carbocycles. The van der Waals surface area contributed by atoms with Crippen molar-refractivity contribution in [3.63, 3.8) is 0 Å². The highest BCUT2D eigenvalue weighted by molar-refractivity contribution is 6.31. The summed E-state index contributed by atoms with van der Waals surface area (Å²) in [6.45, 7) is 2.11. The lowest BCUT2D eigenvalue weighted by molar-refractivity contribution is 0.722. The summed E-state index contributed by atoms with van der Waals surface area (Å²) in [6, 6.07) is 0.212. The van der Waals surface area contributed by atoms with Gasteiger partial charge in [0.2, 0.25) is 0 Å². The zero-order chi connectivity index (χ0) is 8.55. The van der Waals surface area contributed by atoms with E-state index in [1.165, 1.54) is 18.5 Å². The molecule has 1 atom stereocenters. The van der Waals surface area contributed by atoms with Crippen molar-refractivity contribution in [3.05, 3.63) is 10.7 Å². The van der Waals surface area contributed by atoms with Crippen molar-refractivity contribution in [3.8, 4) is 0 Å². The second kappa shape index (κ2) is 3.09. The Kier molecular flexibility index (Phi) is 2.09. The van der Waals surface area contributed by atoms with Crippen LogP contribution < -0.4 is 5.32 Å². The van der Waals surface area contributed by atoms with Crippen molar-refractivity contribution >= 4 is 17.9 Å². The normalized spacial score (nSPS) is 29.0. The molecular formula is C9H13ClN2. The predicted molar refractivity (Wildman–Crippen MR) is 51.3 cm³/mol. The summed E-state index contributed by atoms with van der Waals surface area (Å²) in [5, 5.41) is 4.08. The highest BCUT2D eigenvalue weighted by Crippen LogP contribution is 2.39. The van der Waals surface area contributed by atoms with Crippen LogP contribution in [0.2, 0.25) is 0 Å². The van der Waals surface area contributed by atoms with Crippen molar-refractivity contribution in [2.75, 3.05) is 0 Å². The molecule has 0 amide bonds. The van der Waals surface area contributed by atoms with E-state index in [0.29, 0.717) is 5.92 Å². The predicted octanol–water partition coefficient (Wildman–Crippen LogP) is 2.26. The van der Waals surface area contributed by atoms with Crippen LogP contribution in [0.5, 0.6) is 0 Å². The number of hydrogen-bond donors (Lipinski definition) is 1. The molecule has 0 spiro atoms. The maximum atomic E-state index is 6.19. The molecule has 3 heteroatoms. The fourth-order valence-corrected chi connectivity index (χ4v) is 1.90. The Bertz CT molecular complexity index is 241. The van der Waals surface area contributed by atoms with Crippen molar-refractivity contribution in [2.24, 2.45) is 10.9 Å². The molecule has 0 radical (unpaired) electrons. The Morgan fingerprint density at radius 3 is 3.00 bits per heavy atom. The summed E-state index contributed by atoms with van der Waals surface area (Å²) in [5.74, 6) is 0.693. The fraction of sp³-hybridized carbons (Fsp3) is 0.667. The Labute approximate surface area is 77.7 Å². The van der Waals surface area contributed by atoms with Crippen LogP contribution in [-0.4, -0.2) is 12.4 Å². The summed E-state index contributed by atoms with van der Waals surface area (Å²) in [5.41, 5.74) is 1.22. The van der Waals surface area contributed by atoms with E-state index in [1.54, 1.807) is 6.34 Å². The van der Waals surface area contributed by atoms with Gasteiger partial charge >= 0.3 is 0 Å². The van der Waals surface area contributed by atoms with E-state index < -0.39 is 0 Å². The molecule has 2 rings (SSSR count). The molecule has 1 heterocycles. The van der Waals surface area contributed by atoms with Gasteiger partial charge in [-0.15, -0.1) is 0 Å². The van der Waals surface area contributed by atoms with Gasteiger partial charge in [-0.1, -0.05) is 18.5 Å². The molecule has 1 aliphatic carbocycles. The zero-order valence-electron chi connectivity index (χ0n) is 7.18. The third-order valence-electron chi connectivity index (χ3n) is 2.40. The SMILES string of the molecule is CCC1N=CNC(C2CC2)=C1Cl. The quantitative estimate of drug-likeness (QED) is 0.700. The number of hydrogen-bond acceptors (Lipinski definition) is 2. The Morgan fingerprint density at radius 1 is 1.67 bits per heavy atom. The van der Waals surface area contributed by atoms with E-state index in [0.717, 1.165) is 11.5 Å². The van der Waals surface area contributed by atoms with E-state index in [2.05, 4.69) is 17.2 Å². The minimum atomic E-state index is 0.212. The lowest BCUT2D eigenvalue weighted by Crippen LogP contribution is -2.24. The molecule has 1 fully saturated rings. The zero-order valence-corrected chi connectivity index (χ0v) is 7.93. The maximum absolute atomic E-state index is 6.19. The molecule has 0 bridgehead atoms. The number of rotatable bonds is 2. The molecule has 1 N–H and O–H groups in total. The lowest BCUT2D eigenvalue weighted by atomic mass is 10.1. The van der Waals surface area contributed by atoms with Gasteiger partial charge in [0.05, 0.1) is 17.4 Å². The standard InChI is InChI=1S/C9H13ClN2/c1-2-7-8(10)9(6-3-4-6)12-5-11-7/h5-7H,2-4H2,1H3,(H,11,12). The van der Waals surface area contributed by atoms with E-state index in [1.807, 2.05) is 0 Å². The van der Waals surface area contributed by atoms with Gasteiger partial charge in [0.1, 0.15) is 0 Å². The minimum absolute atomic E-state index is 0.212. The molecule has 0 saturated heterocycles. The van der Waals surface area contributed by atoms with Crippen LogP contribution in [0.4, 0.5) is 0 Å². The van der Waals surface area contributed by atoms with E-state index in [-0.39, 0.29) is 6.04 Å². The largest absolute Gasteiger partial charge is 0.349 e. The maximum Gasteiger partial charge on any atom is 0.0887 e. The highest BCUT2D eigenvalue weighted by atomic mass is 35.5. The first-order chi connectivity index (χ1) is 5.83. The van der Waals surface area contributed by atoms with Gasteiger partial charge < -0.3 is 5.32 Å². The van der Waals surface area contributed by atoms with Crippen LogP contribution in [0.15, 0.2) is 15.7 Å². The Hall–Kier alpha value is -0.500. The van der Waals surface area contributed by atoms with Crippen molar-refractivity contribution in [1.29, 1.82) is 0 Å². The third-order valence-corrected chi connectivity index (χ3v) is 2.85. The third kappa shape index (κ3) is 1.36. The van der Waals surface area contributed by atoms with E-state index in [4.69, 9.17) is 11.6 Å². The molecule has 0 aromatic rings. The van der Waals surface area contributed by atoms with Gasteiger partial charge in [-0.05, 0) is 19.3 Å². The van der Waals surface area contributed by atoms with Crippen molar-refractivity contribution in [1.82, 2.24) is 5.32 Å². The number of allylic oxidation sites excluding steroid dienone is 1. The van der Waals surface area contributed by atoms with Crippen molar-refractivity contribution < 1.29 is 0 Å². The molecule has 66 valence electrons. The van der Waals surface area contributed by atoms with E-state index in [9.17, 15) is 0 Å². The van der Waals surface area contributed by atoms with E-state index >= 15 is 0 Å². The second-order valence-electron chi connectivity index (χ2n) is 3.38. The van der Waals surface area contributed by atoms with Crippen LogP contribution in [0.1, 0.15) is 26.2 Å². The highest BCUT2D eigenvalue weighted by Gasteiger charge is 2.31. The smallest absolute Gasteiger partial charge is 0.0887 e. The summed E-state index contributed by atoms with van der Waals surface area (Å²) < 4.78 is 0. The van der Waals surface area contributed by atoms with Gasteiger partial charge in [-0.3, -0.25) is 4.99 Å². The molecule has 2 nitrogen and oxygen atoms in total. The second-order valence-corrected chi connectivity index (χ2v) is 3.79. The lowest BCUT2D eigenvalue weighted by Gasteiger charge is -2.19. The molecule has 12 heavy (non-hydrogen) atoms. The van der Waals surface area contributed by atoms with Crippen LogP contribution in [-0.2, 0) is 0 Å². The summed E-state index contributed by atoms with van der Waals surface area (Å²) in [4.78, 5) is 4.26. The fourth-order valence-electron chi connectivity index (χ4n) is 1.48. The number of nitrogens with zero attached hydrogens (tertiary/aromatic N) is 1. The van der Waals surface area contributed by atoms with Gasteiger partial charge in [0.25, 0.3) is 0 Å². The summed E-state index contributed by atoms with van der Waals surface area (Å²) >= 11 is 6.19. The Morgan fingerprint density at radius 2 is 2.42 bits per heavy atom. The van der Waals surface area contributed by atoms with Gasteiger partial charge in [0, 0.05) is 11.6 Å². The first kappa shape index (κ1) is 8.11. The summed E-state index contributed by atoms with van der Waals surface area (Å²) in [6.07, 6.45) is 5.34. The average molecular weight is 185 g/mol. The van der Waals surface area contributed by atoms with Crippen LogP contribution in [0.25, 0.3) is 0 Å². The average Bonchev–Trinajstić information content (AvgIpc) is 2.88. The van der Waals surface area contributed by atoms with Crippen LogP contribution in [0, 0.1) is 5.92 Å². The number of halogens is 1. The number of aliphatic imine (C=N–C) groups is 1. The molecule has 0 aromatic carbocycles. The molecular weight excluding hydrogens is 172 g/mol. The Balaban J connectivity index is 2.18. The first-order valence-corrected chi connectivity index (χ1v) is 4.88.